The molecule has 0 atom stereocenters. The van der Waals surface area contributed by atoms with Crippen molar-refractivity contribution in [3.05, 3.63) is 24.4 Å². The molecule has 0 bridgehead atoms. The van der Waals surface area contributed by atoms with Crippen LogP contribution in [-0.2, 0) is 9.53 Å². The molecule has 0 aliphatic rings. The second kappa shape index (κ2) is 12.5. The Bertz CT molecular complexity index is 260. The summed E-state index contributed by atoms with van der Waals surface area (Å²) in [7, 11) is 0. The first-order valence-corrected chi connectivity index (χ1v) is 5.84. The number of carbonyl (C=O) groups is 1. The average molecular weight is 240 g/mol. The molecule has 4 heteroatoms. The molecular weight excluding hydrogens is 216 g/mol. The van der Waals surface area contributed by atoms with Gasteiger partial charge in [-0.3, -0.25) is 9.80 Å². The molecule has 0 unspecified atom stereocenters. The second-order valence-corrected chi connectivity index (χ2v) is 2.84. The van der Waals surface area contributed by atoms with E-state index in [1.54, 1.807) is 6.92 Å². The van der Waals surface area contributed by atoms with Crippen molar-refractivity contribution < 1.29 is 9.53 Å². The number of ether oxygens (including phenoxy) is 1. The minimum absolute atomic E-state index is 0.0632. The molecule has 0 saturated heterocycles. The molecule has 0 N–H and O–H groups in total. The zero-order chi connectivity index (χ0) is 13.7. The monoisotopic (exact) mass is 240 g/mol. The van der Waals surface area contributed by atoms with Gasteiger partial charge in [-0.15, -0.1) is 0 Å². The van der Waals surface area contributed by atoms with Gasteiger partial charge in [-0.25, -0.2) is 0 Å². The standard InChI is InChI=1S/C11H18N2O2.C2H6/c1-5-7-8-10(3)13(12-4)9-11(14)15-6-2;1-2/h5,7H,3-4,6,8-9H2,1-2H3;1-2H3/b7-5-;. The highest BCUT2D eigenvalue weighted by Gasteiger charge is 2.10. The predicted molar refractivity (Wildman–Crippen MR) is 72.8 cm³/mol. The first-order valence-electron chi connectivity index (χ1n) is 5.84. The van der Waals surface area contributed by atoms with Gasteiger partial charge in [-0.1, -0.05) is 32.6 Å². The Hall–Kier alpha value is -1.58. The van der Waals surface area contributed by atoms with Crippen molar-refractivity contribution in [1.82, 2.24) is 5.01 Å². The lowest BCUT2D eigenvalue weighted by Gasteiger charge is -2.18. The number of esters is 1. The van der Waals surface area contributed by atoms with Crippen LogP contribution in [0.4, 0.5) is 0 Å². The van der Waals surface area contributed by atoms with Gasteiger partial charge in [0.05, 0.1) is 6.61 Å². The normalized spacial score (nSPS) is 9.18. The lowest BCUT2D eigenvalue weighted by Crippen LogP contribution is -2.25. The lowest BCUT2D eigenvalue weighted by atomic mass is 10.3. The molecule has 0 saturated carbocycles. The van der Waals surface area contributed by atoms with E-state index in [1.165, 1.54) is 5.01 Å². The van der Waals surface area contributed by atoms with Crippen molar-refractivity contribution in [2.24, 2.45) is 5.10 Å². The Balaban J connectivity index is 0. The Labute approximate surface area is 105 Å². The van der Waals surface area contributed by atoms with E-state index in [4.69, 9.17) is 4.74 Å². The van der Waals surface area contributed by atoms with Gasteiger partial charge in [-0.05, 0) is 13.8 Å². The number of carbonyl (C=O) groups excluding carboxylic acids is 1. The van der Waals surface area contributed by atoms with Crippen molar-refractivity contribution in [2.45, 2.75) is 34.1 Å². The highest BCUT2D eigenvalue weighted by Crippen LogP contribution is 2.07. The summed E-state index contributed by atoms with van der Waals surface area (Å²) < 4.78 is 4.80. The fourth-order valence-corrected chi connectivity index (χ4v) is 0.950. The maximum atomic E-state index is 11.2. The van der Waals surface area contributed by atoms with Gasteiger partial charge in [0, 0.05) is 18.8 Å². The largest absolute Gasteiger partial charge is 0.465 e. The SMILES string of the molecule is C=NN(CC(=O)OCC)C(=C)C/C=C\C.CC. The van der Waals surface area contributed by atoms with Crippen LogP contribution in [0.2, 0.25) is 0 Å². The fraction of sp³-hybridized carbons (Fsp3) is 0.538. The molecule has 4 nitrogen and oxygen atoms in total. The number of allylic oxidation sites excluding steroid dienone is 2. The van der Waals surface area contributed by atoms with Gasteiger partial charge >= 0.3 is 5.97 Å². The number of hydrogen-bond donors (Lipinski definition) is 0. The third-order valence-corrected chi connectivity index (χ3v) is 1.71. The van der Waals surface area contributed by atoms with E-state index in [0.29, 0.717) is 13.0 Å². The zero-order valence-corrected chi connectivity index (χ0v) is 11.4. The number of hydrogen-bond acceptors (Lipinski definition) is 4. The summed E-state index contributed by atoms with van der Waals surface area (Å²) >= 11 is 0. The Morgan fingerprint density at radius 3 is 2.47 bits per heavy atom. The summed E-state index contributed by atoms with van der Waals surface area (Å²) in [5, 5.41) is 5.15. The van der Waals surface area contributed by atoms with Crippen LogP contribution in [-0.4, -0.2) is 30.8 Å². The molecule has 98 valence electrons. The molecule has 0 aromatic carbocycles. The highest BCUT2D eigenvalue weighted by atomic mass is 16.5. The highest BCUT2D eigenvalue weighted by molar-refractivity contribution is 5.71. The van der Waals surface area contributed by atoms with Crippen molar-refractivity contribution in [1.29, 1.82) is 0 Å². The van der Waals surface area contributed by atoms with E-state index in [-0.39, 0.29) is 12.5 Å². The molecule has 0 amide bonds. The van der Waals surface area contributed by atoms with Gasteiger partial charge in [0.2, 0.25) is 0 Å². The van der Waals surface area contributed by atoms with E-state index in [1.807, 2.05) is 32.9 Å². The molecular formula is C13H24N2O2. The van der Waals surface area contributed by atoms with Gasteiger partial charge in [0.1, 0.15) is 6.54 Å². The molecule has 0 spiro atoms. The van der Waals surface area contributed by atoms with Crippen LogP contribution in [0.3, 0.4) is 0 Å². The Morgan fingerprint density at radius 2 is 2.06 bits per heavy atom. The van der Waals surface area contributed by atoms with Crippen molar-refractivity contribution >= 4 is 12.7 Å². The van der Waals surface area contributed by atoms with E-state index in [0.717, 1.165) is 5.70 Å². The minimum atomic E-state index is -0.327. The van der Waals surface area contributed by atoms with Crippen molar-refractivity contribution in [3.63, 3.8) is 0 Å². The van der Waals surface area contributed by atoms with Crippen molar-refractivity contribution in [2.75, 3.05) is 13.2 Å². The van der Waals surface area contributed by atoms with Crippen LogP contribution in [0.25, 0.3) is 0 Å². The molecule has 0 aliphatic carbocycles. The number of rotatable bonds is 7. The predicted octanol–water partition coefficient (Wildman–Crippen LogP) is 2.97. The van der Waals surface area contributed by atoms with E-state index < -0.39 is 0 Å². The molecule has 0 aromatic heterocycles. The number of hydrazone groups is 1. The molecule has 0 fully saturated rings. The molecule has 0 rings (SSSR count). The van der Waals surface area contributed by atoms with E-state index >= 15 is 0 Å². The minimum Gasteiger partial charge on any atom is -0.465 e. The average Bonchev–Trinajstić information content (AvgIpc) is 2.35. The summed E-state index contributed by atoms with van der Waals surface area (Å²) in [4.78, 5) is 11.2. The first-order chi connectivity index (χ1) is 8.15. The summed E-state index contributed by atoms with van der Waals surface area (Å²) in [6.45, 7) is 15.3. The Kier molecular flexibility index (Phi) is 13.1. The molecule has 0 aromatic rings. The van der Waals surface area contributed by atoms with Crippen LogP contribution in [0, 0.1) is 0 Å². The molecule has 17 heavy (non-hydrogen) atoms. The van der Waals surface area contributed by atoms with Gasteiger partial charge < -0.3 is 4.74 Å². The molecule has 0 heterocycles. The lowest BCUT2D eigenvalue weighted by molar-refractivity contribution is -0.143. The van der Waals surface area contributed by atoms with Gasteiger partial charge in [-0.2, -0.15) is 5.10 Å². The first kappa shape index (κ1) is 17.8. The van der Waals surface area contributed by atoms with E-state index in [9.17, 15) is 4.79 Å². The number of nitrogens with zero attached hydrogens (tertiary/aromatic N) is 2. The molecule has 0 aliphatic heterocycles. The van der Waals surface area contributed by atoms with Crippen molar-refractivity contribution in [3.8, 4) is 0 Å². The quantitative estimate of drug-likeness (QED) is 0.297. The van der Waals surface area contributed by atoms with Gasteiger partial charge in [0.25, 0.3) is 0 Å². The van der Waals surface area contributed by atoms with Crippen LogP contribution in [0.1, 0.15) is 34.1 Å². The van der Waals surface area contributed by atoms with Gasteiger partial charge in [0.15, 0.2) is 0 Å². The van der Waals surface area contributed by atoms with Crippen LogP contribution in [0.5, 0.6) is 0 Å². The topological polar surface area (TPSA) is 41.9 Å². The van der Waals surface area contributed by atoms with Crippen LogP contribution >= 0.6 is 0 Å². The maximum Gasteiger partial charge on any atom is 0.327 e. The summed E-state index contributed by atoms with van der Waals surface area (Å²) in [5.41, 5.74) is 0.719. The third kappa shape index (κ3) is 9.35. The third-order valence-electron chi connectivity index (χ3n) is 1.71. The zero-order valence-electron chi connectivity index (χ0n) is 11.4. The fourth-order valence-electron chi connectivity index (χ4n) is 0.950. The summed E-state index contributed by atoms with van der Waals surface area (Å²) in [5.74, 6) is -0.327. The van der Waals surface area contributed by atoms with Crippen LogP contribution < -0.4 is 0 Å². The van der Waals surface area contributed by atoms with E-state index in [2.05, 4.69) is 18.4 Å². The molecule has 0 radical (unpaired) electrons. The smallest absolute Gasteiger partial charge is 0.327 e. The summed E-state index contributed by atoms with van der Waals surface area (Å²) in [6, 6.07) is 0. The van der Waals surface area contributed by atoms with Crippen LogP contribution in [0.15, 0.2) is 29.5 Å². The second-order valence-electron chi connectivity index (χ2n) is 2.84. The Morgan fingerprint density at radius 1 is 1.47 bits per heavy atom. The summed E-state index contributed by atoms with van der Waals surface area (Å²) in [6.07, 6.45) is 4.50. The maximum absolute atomic E-state index is 11.2.